The Morgan fingerprint density at radius 2 is 1.30 bits per heavy atom. The summed E-state index contributed by atoms with van der Waals surface area (Å²) in [5.74, 6) is -0.732. The predicted molar refractivity (Wildman–Crippen MR) is 121 cm³/mol. The molecule has 4 nitrogen and oxygen atoms in total. The number of amides is 2. The third-order valence-electron chi connectivity index (χ3n) is 4.65. The molecule has 0 aromatic heterocycles. The minimum Gasteiger partial charge on any atom is -0.321 e. The first-order valence-corrected chi connectivity index (χ1v) is 9.62. The van der Waals surface area contributed by atoms with Crippen LogP contribution in [0.2, 0.25) is 0 Å². The summed E-state index contributed by atoms with van der Waals surface area (Å²) in [7, 11) is 0. The first-order valence-electron chi connectivity index (χ1n) is 9.62. The Morgan fingerprint density at radius 1 is 0.667 bits per heavy atom. The Labute approximate surface area is 174 Å². The van der Waals surface area contributed by atoms with Gasteiger partial charge < -0.3 is 10.6 Å². The molecule has 4 aromatic rings. The van der Waals surface area contributed by atoms with Crippen molar-refractivity contribution in [2.75, 3.05) is 5.32 Å². The smallest absolute Gasteiger partial charge is 0.272 e. The Bertz CT molecular complexity index is 1220. The molecule has 0 saturated heterocycles. The number of anilines is 1. The highest BCUT2D eigenvalue weighted by Gasteiger charge is 2.15. The second-order valence-electron chi connectivity index (χ2n) is 6.80. The molecule has 0 heterocycles. The van der Waals surface area contributed by atoms with Gasteiger partial charge in [0.2, 0.25) is 0 Å². The van der Waals surface area contributed by atoms with Crippen molar-refractivity contribution in [3.05, 3.63) is 120 Å². The SMILES string of the molecule is O=C(Nc1ccc2ccccc2c1)/C(=C/c1ccccc1)NC(=O)c1ccccc1. The number of hydrogen-bond donors (Lipinski definition) is 2. The van der Waals surface area contributed by atoms with Gasteiger partial charge in [0.05, 0.1) is 0 Å². The lowest BCUT2D eigenvalue weighted by Crippen LogP contribution is -2.30. The lowest BCUT2D eigenvalue weighted by molar-refractivity contribution is -0.113. The van der Waals surface area contributed by atoms with E-state index in [1.807, 2.05) is 78.9 Å². The van der Waals surface area contributed by atoms with Crippen LogP contribution in [0.1, 0.15) is 15.9 Å². The molecule has 0 aliphatic rings. The maximum Gasteiger partial charge on any atom is 0.272 e. The summed E-state index contributed by atoms with van der Waals surface area (Å²) in [6.45, 7) is 0. The van der Waals surface area contributed by atoms with Gasteiger partial charge in [-0.15, -0.1) is 0 Å². The number of hydrogen-bond acceptors (Lipinski definition) is 2. The largest absolute Gasteiger partial charge is 0.321 e. The Hall–Kier alpha value is -4.18. The summed E-state index contributed by atoms with van der Waals surface area (Å²) in [4.78, 5) is 25.7. The minimum absolute atomic E-state index is 0.170. The second kappa shape index (κ2) is 8.88. The fourth-order valence-corrected chi connectivity index (χ4v) is 3.12. The summed E-state index contributed by atoms with van der Waals surface area (Å²) in [5, 5.41) is 7.75. The van der Waals surface area contributed by atoms with Crippen LogP contribution in [0.4, 0.5) is 5.69 Å². The molecule has 0 spiro atoms. The van der Waals surface area contributed by atoms with E-state index in [1.165, 1.54) is 0 Å². The van der Waals surface area contributed by atoms with Gasteiger partial charge in [-0.3, -0.25) is 9.59 Å². The molecule has 0 atom stereocenters. The quantitative estimate of drug-likeness (QED) is 0.456. The van der Waals surface area contributed by atoms with E-state index >= 15 is 0 Å². The van der Waals surface area contributed by atoms with Crippen molar-refractivity contribution >= 4 is 34.4 Å². The molecule has 0 aliphatic carbocycles. The van der Waals surface area contributed by atoms with Crippen molar-refractivity contribution < 1.29 is 9.59 Å². The standard InChI is InChI=1S/C26H20N2O2/c29-25(21-12-5-2-6-13-21)28-24(17-19-9-3-1-4-10-19)26(30)27-23-16-15-20-11-7-8-14-22(20)18-23/h1-18H,(H,27,30)(H,28,29)/b24-17-. The van der Waals surface area contributed by atoms with Crippen LogP contribution < -0.4 is 10.6 Å². The molecule has 4 aromatic carbocycles. The number of rotatable bonds is 5. The lowest BCUT2D eigenvalue weighted by Gasteiger charge is -2.12. The Morgan fingerprint density at radius 3 is 2.03 bits per heavy atom. The molecule has 4 rings (SSSR count). The van der Waals surface area contributed by atoms with Crippen molar-refractivity contribution in [1.29, 1.82) is 0 Å². The van der Waals surface area contributed by atoms with Crippen LogP contribution in [-0.4, -0.2) is 11.8 Å². The van der Waals surface area contributed by atoms with Crippen molar-refractivity contribution in [3.63, 3.8) is 0 Å². The zero-order valence-corrected chi connectivity index (χ0v) is 16.2. The molecule has 0 saturated carbocycles. The molecule has 4 heteroatoms. The van der Waals surface area contributed by atoms with E-state index < -0.39 is 5.91 Å². The predicted octanol–water partition coefficient (Wildman–Crippen LogP) is 5.25. The van der Waals surface area contributed by atoms with Gasteiger partial charge in [-0.2, -0.15) is 0 Å². The third-order valence-corrected chi connectivity index (χ3v) is 4.65. The number of carbonyl (C=O) groups excluding carboxylic acids is 2. The number of fused-ring (bicyclic) bond motifs is 1. The van der Waals surface area contributed by atoms with Crippen LogP contribution in [0.5, 0.6) is 0 Å². The van der Waals surface area contributed by atoms with Crippen LogP contribution >= 0.6 is 0 Å². The average Bonchev–Trinajstić information content (AvgIpc) is 2.80. The summed E-state index contributed by atoms with van der Waals surface area (Å²) in [5.41, 5.74) is 2.12. The van der Waals surface area contributed by atoms with E-state index in [2.05, 4.69) is 10.6 Å². The van der Waals surface area contributed by atoms with E-state index in [1.54, 1.807) is 30.3 Å². The summed E-state index contributed by atoms with van der Waals surface area (Å²) in [6, 6.07) is 31.9. The van der Waals surface area contributed by atoms with Gasteiger partial charge in [-0.05, 0) is 46.7 Å². The first kappa shape index (κ1) is 19.2. The van der Waals surface area contributed by atoms with Gasteiger partial charge >= 0.3 is 0 Å². The zero-order chi connectivity index (χ0) is 20.8. The fourth-order valence-electron chi connectivity index (χ4n) is 3.12. The van der Waals surface area contributed by atoms with Crippen molar-refractivity contribution in [3.8, 4) is 0 Å². The van der Waals surface area contributed by atoms with Gasteiger partial charge in [-0.1, -0.05) is 78.9 Å². The zero-order valence-electron chi connectivity index (χ0n) is 16.2. The average molecular weight is 392 g/mol. The molecule has 0 aliphatic heterocycles. The Kier molecular flexibility index (Phi) is 5.67. The minimum atomic E-state index is -0.390. The molecular weight excluding hydrogens is 372 g/mol. The van der Waals surface area contributed by atoms with Gasteiger partial charge in [0, 0.05) is 11.3 Å². The van der Waals surface area contributed by atoms with E-state index in [4.69, 9.17) is 0 Å². The van der Waals surface area contributed by atoms with Crippen LogP contribution in [0.25, 0.3) is 16.8 Å². The molecule has 0 bridgehead atoms. The third kappa shape index (κ3) is 4.62. The monoisotopic (exact) mass is 392 g/mol. The molecule has 30 heavy (non-hydrogen) atoms. The van der Waals surface area contributed by atoms with Crippen LogP contribution in [0, 0.1) is 0 Å². The molecule has 146 valence electrons. The van der Waals surface area contributed by atoms with Gasteiger partial charge in [0.1, 0.15) is 5.70 Å². The summed E-state index contributed by atoms with van der Waals surface area (Å²) < 4.78 is 0. The van der Waals surface area contributed by atoms with Crippen molar-refractivity contribution in [1.82, 2.24) is 5.32 Å². The van der Waals surface area contributed by atoms with E-state index in [-0.39, 0.29) is 11.6 Å². The number of carbonyl (C=O) groups is 2. The maximum absolute atomic E-state index is 13.0. The fraction of sp³-hybridized carbons (Fsp3) is 0. The number of benzene rings is 4. The van der Waals surface area contributed by atoms with E-state index in [0.717, 1.165) is 16.3 Å². The maximum atomic E-state index is 13.0. The summed E-state index contributed by atoms with van der Waals surface area (Å²) >= 11 is 0. The highest BCUT2D eigenvalue weighted by atomic mass is 16.2. The van der Waals surface area contributed by atoms with Crippen molar-refractivity contribution in [2.24, 2.45) is 0 Å². The highest BCUT2D eigenvalue weighted by Crippen LogP contribution is 2.19. The molecule has 2 N–H and O–H groups in total. The van der Waals surface area contributed by atoms with Crippen LogP contribution in [0.15, 0.2) is 109 Å². The Balaban J connectivity index is 1.61. The second-order valence-corrected chi connectivity index (χ2v) is 6.80. The molecule has 0 fully saturated rings. The molecular formula is C26H20N2O2. The van der Waals surface area contributed by atoms with E-state index in [9.17, 15) is 9.59 Å². The summed E-state index contributed by atoms with van der Waals surface area (Å²) in [6.07, 6.45) is 1.66. The van der Waals surface area contributed by atoms with Gasteiger partial charge in [0.15, 0.2) is 0 Å². The van der Waals surface area contributed by atoms with Gasteiger partial charge in [0.25, 0.3) is 11.8 Å². The lowest BCUT2D eigenvalue weighted by atomic mass is 10.1. The molecule has 0 radical (unpaired) electrons. The van der Waals surface area contributed by atoms with Gasteiger partial charge in [-0.25, -0.2) is 0 Å². The van der Waals surface area contributed by atoms with E-state index in [0.29, 0.717) is 11.3 Å². The highest BCUT2D eigenvalue weighted by molar-refractivity contribution is 6.11. The molecule has 2 amide bonds. The topological polar surface area (TPSA) is 58.2 Å². The normalized spacial score (nSPS) is 11.1. The first-order chi connectivity index (χ1) is 14.7. The van der Waals surface area contributed by atoms with Crippen LogP contribution in [-0.2, 0) is 4.79 Å². The number of nitrogens with one attached hydrogen (secondary N) is 2. The van der Waals surface area contributed by atoms with Crippen molar-refractivity contribution in [2.45, 2.75) is 0 Å². The van der Waals surface area contributed by atoms with Crippen LogP contribution in [0.3, 0.4) is 0 Å². The molecule has 0 unspecified atom stereocenters.